The molecule has 0 amide bonds. The van der Waals surface area contributed by atoms with Crippen LogP contribution in [0.1, 0.15) is 56.3 Å². The maximum atomic E-state index is 12.7. The highest BCUT2D eigenvalue weighted by atomic mass is 16.6. The predicted molar refractivity (Wildman–Crippen MR) is 116 cm³/mol. The van der Waals surface area contributed by atoms with Gasteiger partial charge in [0.05, 0.1) is 13.0 Å². The molecule has 1 aromatic carbocycles. The normalized spacial score (nSPS) is 14.0. The van der Waals surface area contributed by atoms with Gasteiger partial charge in [0.1, 0.15) is 12.2 Å². The van der Waals surface area contributed by atoms with Gasteiger partial charge in [-0.05, 0) is 18.4 Å². The Kier molecular flexibility index (Phi) is 9.00. The van der Waals surface area contributed by atoms with Crippen LogP contribution in [0.25, 0.3) is 0 Å². The van der Waals surface area contributed by atoms with Crippen molar-refractivity contribution >= 4 is 11.8 Å². The number of rotatable bonds is 11. The largest absolute Gasteiger partial charge is 0.503 e. The maximum Gasteiger partial charge on any atom is 0.309 e. The van der Waals surface area contributed by atoms with E-state index in [2.05, 4.69) is 18.8 Å². The molecule has 31 heavy (non-hydrogen) atoms. The molecular formula is C24H31NO6. The molecule has 0 radical (unpaired) electrons. The minimum Gasteiger partial charge on any atom is -0.503 e. The third kappa shape index (κ3) is 6.79. The molecule has 3 atom stereocenters. The highest BCUT2D eigenvalue weighted by Crippen LogP contribution is 2.30. The van der Waals surface area contributed by atoms with Gasteiger partial charge in [-0.3, -0.25) is 9.59 Å². The molecule has 0 aliphatic heterocycles. The third-order valence-electron chi connectivity index (χ3n) is 4.73. The van der Waals surface area contributed by atoms with Crippen LogP contribution in [0, 0.1) is 11.8 Å². The number of carbonyl (C=O) groups is 2. The Morgan fingerprint density at radius 2 is 1.74 bits per heavy atom. The average Bonchev–Trinajstić information content (AvgIpc) is 2.74. The minimum absolute atomic E-state index is 0.130. The number of hydrogen-bond acceptors (Lipinski definition) is 7. The van der Waals surface area contributed by atoms with E-state index < -0.39 is 29.9 Å². The van der Waals surface area contributed by atoms with Crippen LogP contribution in [0.2, 0.25) is 0 Å². The Labute approximate surface area is 183 Å². The van der Waals surface area contributed by atoms with Crippen LogP contribution >= 0.6 is 0 Å². The molecule has 0 bridgehead atoms. The van der Waals surface area contributed by atoms with Crippen molar-refractivity contribution in [3.8, 4) is 11.5 Å². The van der Waals surface area contributed by atoms with E-state index in [1.165, 1.54) is 19.4 Å². The number of hydrogen-bond donors (Lipinski definition) is 1. The van der Waals surface area contributed by atoms with Gasteiger partial charge in [-0.1, -0.05) is 51.1 Å². The second-order valence-corrected chi connectivity index (χ2v) is 7.94. The van der Waals surface area contributed by atoms with Crippen LogP contribution in [0.3, 0.4) is 0 Å². The van der Waals surface area contributed by atoms with Crippen LogP contribution in [-0.2, 0) is 14.3 Å². The summed E-state index contributed by atoms with van der Waals surface area (Å²) in [7, 11) is 1.38. The number of ketones is 1. The zero-order valence-corrected chi connectivity index (χ0v) is 18.7. The number of carbonyl (C=O) groups excluding carboxylic acids is 2. The van der Waals surface area contributed by atoms with Gasteiger partial charge in [0.2, 0.25) is 0 Å². The molecule has 0 spiro atoms. The molecule has 0 aliphatic carbocycles. The van der Waals surface area contributed by atoms with Crippen LogP contribution in [0.4, 0.5) is 0 Å². The Morgan fingerprint density at radius 3 is 2.35 bits per heavy atom. The predicted octanol–water partition coefficient (Wildman–Crippen LogP) is 4.35. The molecule has 0 saturated carbocycles. The van der Waals surface area contributed by atoms with Gasteiger partial charge in [0, 0.05) is 25.3 Å². The van der Waals surface area contributed by atoms with Crippen molar-refractivity contribution in [3.63, 3.8) is 0 Å². The van der Waals surface area contributed by atoms with Crippen molar-refractivity contribution in [3.05, 3.63) is 53.9 Å². The van der Waals surface area contributed by atoms with Crippen LogP contribution in [-0.4, -0.2) is 41.7 Å². The zero-order chi connectivity index (χ0) is 23.0. The lowest BCUT2D eigenvalue weighted by Crippen LogP contribution is -2.29. The molecular weight excluding hydrogens is 398 g/mol. The second kappa shape index (κ2) is 11.5. The van der Waals surface area contributed by atoms with Crippen molar-refractivity contribution in [1.82, 2.24) is 4.98 Å². The number of aromatic hydroxyl groups is 1. The lowest BCUT2D eigenvalue weighted by Gasteiger charge is -2.26. The lowest BCUT2D eigenvalue weighted by atomic mass is 10.0. The summed E-state index contributed by atoms with van der Waals surface area (Å²) in [5, 5.41) is 10.1. The van der Waals surface area contributed by atoms with E-state index in [1.54, 1.807) is 13.8 Å². The molecule has 7 nitrogen and oxygen atoms in total. The van der Waals surface area contributed by atoms with Gasteiger partial charge in [-0.25, -0.2) is 4.98 Å². The average molecular weight is 430 g/mol. The fraction of sp³-hybridized carbons (Fsp3) is 0.458. The van der Waals surface area contributed by atoms with Crippen molar-refractivity contribution in [2.75, 3.05) is 13.7 Å². The molecule has 0 aliphatic rings. The standard InChI is InChI=1S/C24H31NO6/c1-15(2)14-30-23(18-9-7-6-8-10-18)17(4)31-24(28)16(3)13-19(26)21-22(27)20(29-5)11-12-25-21/h6-12,15-17,23,27H,13-14H2,1-5H3/t16-,17+,23-/m1/s1. The summed E-state index contributed by atoms with van der Waals surface area (Å²) in [6.07, 6.45) is 0.254. The van der Waals surface area contributed by atoms with E-state index in [0.717, 1.165) is 5.56 Å². The third-order valence-corrected chi connectivity index (χ3v) is 4.73. The summed E-state index contributed by atoms with van der Waals surface area (Å²) in [6, 6.07) is 11.0. The minimum atomic E-state index is -0.719. The van der Waals surface area contributed by atoms with E-state index >= 15 is 0 Å². The van der Waals surface area contributed by atoms with Gasteiger partial charge in [-0.2, -0.15) is 0 Å². The summed E-state index contributed by atoms with van der Waals surface area (Å²) in [4.78, 5) is 29.1. The van der Waals surface area contributed by atoms with Crippen LogP contribution in [0.5, 0.6) is 11.5 Å². The second-order valence-electron chi connectivity index (χ2n) is 7.94. The maximum absolute atomic E-state index is 12.7. The lowest BCUT2D eigenvalue weighted by molar-refractivity contribution is -0.161. The molecule has 1 heterocycles. The highest BCUT2D eigenvalue weighted by Gasteiger charge is 2.28. The van der Waals surface area contributed by atoms with E-state index in [4.69, 9.17) is 14.2 Å². The first-order chi connectivity index (χ1) is 14.7. The molecule has 2 aromatic rings. The fourth-order valence-electron chi connectivity index (χ4n) is 3.07. The van der Waals surface area contributed by atoms with Crippen molar-refractivity contribution in [2.45, 2.75) is 46.3 Å². The number of ether oxygens (including phenoxy) is 3. The van der Waals surface area contributed by atoms with Gasteiger partial charge in [0.15, 0.2) is 23.0 Å². The molecule has 0 fully saturated rings. The Bertz CT molecular complexity index is 868. The van der Waals surface area contributed by atoms with Gasteiger partial charge < -0.3 is 19.3 Å². The van der Waals surface area contributed by atoms with Crippen LogP contribution in [0.15, 0.2) is 42.6 Å². The zero-order valence-electron chi connectivity index (χ0n) is 18.7. The molecule has 2 rings (SSSR count). The molecule has 0 saturated heterocycles. The fourth-order valence-corrected chi connectivity index (χ4v) is 3.07. The summed E-state index contributed by atoms with van der Waals surface area (Å²) in [5.74, 6) is -1.57. The Hall–Kier alpha value is -2.93. The summed E-state index contributed by atoms with van der Waals surface area (Å²) >= 11 is 0. The number of aromatic nitrogens is 1. The monoisotopic (exact) mass is 429 g/mol. The SMILES string of the molecule is COc1ccnc(C(=O)C[C@@H](C)C(=O)O[C@@H](C)[C@@H](OCC(C)C)c2ccccc2)c1O. The molecule has 0 unspecified atom stereocenters. The van der Waals surface area contributed by atoms with Crippen LogP contribution < -0.4 is 4.74 Å². The Balaban J connectivity index is 2.05. The van der Waals surface area contributed by atoms with Gasteiger partial charge >= 0.3 is 5.97 Å². The van der Waals surface area contributed by atoms with Crippen molar-refractivity contribution in [2.24, 2.45) is 11.8 Å². The van der Waals surface area contributed by atoms with Gasteiger partial charge in [0.25, 0.3) is 0 Å². The van der Waals surface area contributed by atoms with E-state index in [0.29, 0.717) is 12.5 Å². The van der Waals surface area contributed by atoms with E-state index in [1.807, 2.05) is 30.3 Å². The first-order valence-electron chi connectivity index (χ1n) is 10.4. The summed E-state index contributed by atoms with van der Waals surface area (Å²) < 4.78 is 16.7. The number of benzene rings is 1. The number of pyridine rings is 1. The van der Waals surface area contributed by atoms with Crippen molar-refractivity contribution in [1.29, 1.82) is 0 Å². The molecule has 168 valence electrons. The molecule has 1 aromatic heterocycles. The van der Waals surface area contributed by atoms with Crippen molar-refractivity contribution < 1.29 is 28.9 Å². The number of Topliss-reactive ketones (excluding diaryl/α,β-unsaturated/α-hetero) is 1. The summed E-state index contributed by atoms with van der Waals surface area (Å²) in [6.45, 7) is 8.01. The number of methoxy groups -OCH3 is 1. The smallest absolute Gasteiger partial charge is 0.309 e. The first-order valence-corrected chi connectivity index (χ1v) is 10.4. The molecule has 1 N–H and O–H groups in total. The van der Waals surface area contributed by atoms with Gasteiger partial charge in [-0.15, -0.1) is 0 Å². The quantitative estimate of drug-likeness (QED) is 0.419. The molecule has 7 heteroatoms. The highest BCUT2D eigenvalue weighted by molar-refractivity contribution is 5.99. The van der Waals surface area contributed by atoms with E-state index in [9.17, 15) is 14.7 Å². The Morgan fingerprint density at radius 1 is 1.06 bits per heavy atom. The summed E-state index contributed by atoms with van der Waals surface area (Å²) in [5.41, 5.74) is 0.784. The topological polar surface area (TPSA) is 95.0 Å². The number of esters is 1. The first kappa shape index (κ1) is 24.3. The number of nitrogens with zero attached hydrogens (tertiary/aromatic N) is 1. The van der Waals surface area contributed by atoms with E-state index in [-0.39, 0.29) is 23.6 Å².